The van der Waals surface area contributed by atoms with Gasteiger partial charge in [-0.05, 0) is 26.0 Å². The van der Waals surface area contributed by atoms with Crippen molar-refractivity contribution in [3.63, 3.8) is 0 Å². The molecule has 0 bridgehead atoms. The third-order valence-electron chi connectivity index (χ3n) is 3.28. The van der Waals surface area contributed by atoms with Gasteiger partial charge in [0.25, 0.3) is 0 Å². The largest absolute Gasteiger partial charge is 0.450 e. The molecule has 0 N–H and O–H groups in total. The Balaban J connectivity index is 1.93. The van der Waals surface area contributed by atoms with Gasteiger partial charge in [-0.1, -0.05) is 0 Å². The van der Waals surface area contributed by atoms with Gasteiger partial charge in [-0.25, -0.2) is 9.78 Å². The fraction of sp³-hybridized carbons (Fsp3) is 0.500. The van der Waals surface area contributed by atoms with Crippen LogP contribution in [0.1, 0.15) is 24.2 Å². The molecule has 1 aromatic heterocycles. The molecule has 108 valence electrons. The fourth-order valence-electron chi connectivity index (χ4n) is 2.11. The first kappa shape index (κ1) is 14.3. The summed E-state index contributed by atoms with van der Waals surface area (Å²) in [6, 6.07) is 3.62. The predicted octanol–water partition coefficient (Wildman–Crippen LogP) is 1.56. The van der Waals surface area contributed by atoms with Crippen molar-refractivity contribution in [2.24, 2.45) is 0 Å². The lowest BCUT2D eigenvalue weighted by Gasteiger charge is -2.34. The van der Waals surface area contributed by atoms with Crippen LogP contribution in [0.2, 0.25) is 0 Å². The first-order chi connectivity index (χ1) is 9.61. The monoisotopic (exact) mass is 277 g/mol. The van der Waals surface area contributed by atoms with Crippen molar-refractivity contribution in [3.8, 4) is 0 Å². The van der Waals surface area contributed by atoms with Gasteiger partial charge in [0.2, 0.25) is 0 Å². The molecule has 6 heteroatoms. The van der Waals surface area contributed by atoms with E-state index in [0.29, 0.717) is 38.3 Å². The fourth-order valence-corrected chi connectivity index (χ4v) is 2.11. The highest BCUT2D eigenvalue weighted by atomic mass is 16.6. The zero-order valence-corrected chi connectivity index (χ0v) is 11.8. The van der Waals surface area contributed by atoms with Crippen molar-refractivity contribution < 1.29 is 14.3 Å². The Morgan fingerprint density at radius 3 is 2.45 bits per heavy atom. The van der Waals surface area contributed by atoms with Gasteiger partial charge < -0.3 is 14.5 Å². The van der Waals surface area contributed by atoms with Crippen LogP contribution in [-0.4, -0.2) is 54.5 Å². The molecule has 1 aliphatic heterocycles. The van der Waals surface area contributed by atoms with Gasteiger partial charge in [0.1, 0.15) is 5.82 Å². The molecule has 1 aliphatic rings. The van der Waals surface area contributed by atoms with E-state index < -0.39 is 0 Å². The van der Waals surface area contributed by atoms with Gasteiger partial charge in [0.05, 0.1) is 6.61 Å². The van der Waals surface area contributed by atoms with Gasteiger partial charge in [-0.3, -0.25) is 4.79 Å². The molecule has 0 aromatic carbocycles. The molecule has 20 heavy (non-hydrogen) atoms. The molecule has 0 unspecified atom stereocenters. The Morgan fingerprint density at radius 2 is 1.95 bits per heavy atom. The van der Waals surface area contributed by atoms with E-state index in [9.17, 15) is 9.59 Å². The highest BCUT2D eigenvalue weighted by Gasteiger charge is 2.22. The van der Waals surface area contributed by atoms with E-state index in [1.807, 2.05) is 6.07 Å². The summed E-state index contributed by atoms with van der Waals surface area (Å²) in [5.41, 5.74) is 0.610. The van der Waals surface area contributed by atoms with Gasteiger partial charge in [0, 0.05) is 37.9 Å². The van der Waals surface area contributed by atoms with Crippen LogP contribution in [0.25, 0.3) is 0 Å². The molecule has 0 atom stereocenters. The smallest absolute Gasteiger partial charge is 0.409 e. The van der Waals surface area contributed by atoms with Crippen LogP contribution in [-0.2, 0) is 4.74 Å². The van der Waals surface area contributed by atoms with Crippen molar-refractivity contribution in [2.45, 2.75) is 13.8 Å². The van der Waals surface area contributed by atoms with Crippen LogP contribution >= 0.6 is 0 Å². The van der Waals surface area contributed by atoms with Crippen molar-refractivity contribution in [2.75, 3.05) is 37.7 Å². The number of hydrogen-bond donors (Lipinski definition) is 0. The average molecular weight is 277 g/mol. The maximum Gasteiger partial charge on any atom is 0.409 e. The summed E-state index contributed by atoms with van der Waals surface area (Å²) in [6.45, 7) is 6.39. The van der Waals surface area contributed by atoms with Crippen molar-refractivity contribution in [3.05, 3.63) is 23.9 Å². The summed E-state index contributed by atoms with van der Waals surface area (Å²) in [4.78, 5) is 30.9. The van der Waals surface area contributed by atoms with E-state index in [-0.39, 0.29) is 11.9 Å². The molecule has 0 aliphatic carbocycles. The SMILES string of the molecule is CCOC(=O)N1CCN(c2ccc(C(C)=O)cn2)CC1. The molecule has 0 radical (unpaired) electrons. The molecule has 0 saturated carbocycles. The van der Waals surface area contributed by atoms with Crippen LogP contribution in [0.4, 0.5) is 10.6 Å². The van der Waals surface area contributed by atoms with Crippen molar-refractivity contribution >= 4 is 17.7 Å². The summed E-state index contributed by atoms with van der Waals surface area (Å²) in [7, 11) is 0. The van der Waals surface area contributed by atoms with Crippen LogP contribution in [0.3, 0.4) is 0 Å². The molecule has 2 heterocycles. The first-order valence-electron chi connectivity index (χ1n) is 6.75. The van der Waals surface area contributed by atoms with Crippen molar-refractivity contribution in [1.82, 2.24) is 9.88 Å². The Bertz CT molecular complexity index is 479. The minimum Gasteiger partial charge on any atom is -0.450 e. The summed E-state index contributed by atoms with van der Waals surface area (Å²) >= 11 is 0. The summed E-state index contributed by atoms with van der Waals surface area (Å²) < 4.78 is 4.98. The number of nitrogens with zero attached hydrogens (tertiary/aromatic N) is 3. The number of anilines is 1. The van der Waals surface area contributed by atoms with Crippen LogP contribution < -0.4 is 4.90 Å². The standard InChI is InChI=1S/C14H19N3O3/c1-3-20-14(19)17-8-6-16(7-9-17)13-5-4-12(10-15-13)11(2)18/h4-5,10H,3,6-9H2,1-2H3. The number of amides is 1. The van der Waals surface area contributed by atoms with Crippen LogP contribution in [0, 0.1) is 0 Å². The second kappa shape index (κ2) is 6.36. The summed E-state index contributed by atoms with van der Waals surface area (Å²) in [5.74, 6) is 0.842. The molecule has 1 saturated heterocycles. The number of carbonyl (C=O) groups is 2. The minimum absolute atomic E-state index is 0.0104. The topological polar surface area (TPSA) is 62.7 Å². The molecule has 6 nitrogen and oxygen atoms in total. The third kappa shape index (κ3) is 3.26. The van der Waals surface area contributed by atoms with Crippen molar-refractivity contribution in [1.29, 1.82) is 0 Å². The Morgan fingerprint density at radius 1 is 1.25 bits per heavy atom. The minimum atomic E-state index is -0.257. The number of aromatic nitrogens is 1. The zero-order chi connectivity index (χ0) is 14.5. The van der Waals surface area contributed by atoms with E-state index in [1.165, 1.54) is 6.92 Å². The molecule has 0 spiro atoms. The average Bonchev–Trinajstić information content (AvgIpc) is 2.48. The van der Waals surface area contributed by atoms with Gasteiger partial charge in [-0.2, -0.15) is 0 Å². The number of piperazine rings is 1. The highest BCUT2D eigenvalue weighted by molar-refractivity contribution is 5.93. The number of hydrogen-bond acceptors (Lipinski definition) is 5. The van der Waals surface area contributed by atoms with Gasteiger partial charge in [0.15, 0.2) is 5.78 Å². The Kier molecular flexibility index (Phi) is 4.55. The number of Topliss-reactive ketones (excluding diaryl/α,β-unsaturated/α-hetero) is 1. The number of carbonyl (C=O) groups excluding carboxylic acids is 2. The Hall–Kier alpha value is -2.11. The quantitative estimate of drug-likeness (QED) is 0.785. The van der Waals surface area contributed by atoms with E-state index in [0.717, 1.165) is 5.82 Å². The zero-order valence-electron chi connectivity index (χ0n) is 11.8. The molecule has 2 rings (SSSR count). The third-order valence-corrected chi connectivity index (χ3v) is 3.28. The molecule has 1 aromatic rings. The van der Waals surface area contributed by atoms with E-state index in [1.54, 1.807) is 24.1 Å². The summed E-state index contributed by atoms with van der Waals surface area (Å²) in [6.07, 6.45) is 1.34. The molecular formula is C14H19N3O3. The normalized spacial score (nSPS) is 15.1. The number of rotatable bonds is 3. The van der Waals surface area contributed by atoms with E-state index >= 15 is 0 Å². The number of ketones is 1. The second-order valence-electron chi connectivity index (χ2n) is 4.63. The predicted molar refractivity (Wildman–Crippen MR) is 75.0 cm³/mol. The summed E-state index contributed by atoms with van der Waals surface area (Å²) in [5, 5.41) is 0. The van der Waals surface area contributed by atoms with Gasteiger partial charge >= 0.3 is 6.09 Å². The van der Waals surface area contributed by atoms with Crippen LogP contribution in [0.5, 0.6) is 0 Å². The second-order valence-corrected chi connectivity index (χ2v) is 4.63. The van der Waals surface area contributed by atoms with Gasteiger partial charge in [-0.15, -0.1) is 0 Å². The maximum atomic E-state index is 11.6. The lowest BCUT2D eigenvalue weighted by atomic mass is 10.2. The Labute approximate surface area is 118 Å². The lowest BCUT2D eigenvalue weighted by Crippen LogP contribution is -2.49. The molecule has 1 amide bonds. The maximum absolute atomic E-state index is 11.6. The lowest BCUT2D eigenvalue weighted by molar-refractivity contribution is 0.101. The molecule has 1 fully saturated rings. The number of pyridine rings is 1. The van der Waals surface area contributed by atoms with Crippen LogP contribution in [0.15, 0.2) is 18.3 Å². The highest BCUT2D eigenvalue weighted by Crippen LogP contribution is 2.14. The van der Waals surface area contributed by atoms with E-state index in [4.69, 9.17) is 4.74 Å². The first-order valence-corrected chi connectivity index (χ1v) is 6.75. The number of ether oxygens (including phenoxy) is 1. The van der Waals surface area contributed by atoms with E-state index in [2.05, 4.69) is 9.88 Å². The molecular weight excluding hydrogens is 258 g/mol.